The molecule has 0 aliphatic heterocycles. The number of aromatic nitrogens is 3. The van der Waals surface area contributed by atoms with E-state index in [1.54, 1.807) is 4.68 Å². The fraction of sp³-hybridized carbons (Fsp3) is 0.241. The predicted molar refractivity (Wildman–Crippen MR) is 133 cm³/mol. The molecule has 4 heteroatoms. The summed E-state index contributed by atoms with van der Waals surface area (Å²) in [7, 11) is 4.31. The zero-order valence-corrected chi connectivity index (χ0v) is 22.5. The van der Waals surface area contributed by atoms with Gasteiger partial charge < -0.3 is 0 Å². The van der Waals surface area contributed by atoms with Crippen LogP contribution in [-0.2, 0) is 25.5 Å². The van der Waals surface area contributed by atoms with Gasteiger partial charge in [0.05, 0.1) is 0 Å². The Balaban J connectivity index is 0.00000306. The van der Waals surface area contributed by atoms with Crippen LogP contribution in [0.3, 0.4) is 0 Å². The molecule has 0 saturated heterocycles. The van der Waals surface area contributed by atoms with Crippen molar-refractivity contribution in [3.63, 3.8) is 0 Å². The van der Waals surface area contributed by atoms with Gasteiger partial charge in [-0.1, -0.05) is 81.4 Å². The molecule has 1 aromatic heterocycles. The van der Waals surface area contributed by atoms with Gasteiger partial charge in [-0.05, 0) is 42.5 Å². The summed E-state index contributed by atoms with van der Waals surface area (Å²) >= 11 is 0. The first kappa shape index (κ1) is 24.8. The normalized spacial score (nSPS) is 11.3. The predicted octanol–water partition coefficient (Wildman–Crippen LogP) is 6.62. The van der Waals surface area contributed by atoms with Gasteiger partial charge in [0.1, 0.15) is 11.5 Å². The Morgan fingerprint density at radius 2 is 1.55 bits per heavy atom. The van der Waals surface area contributed by atoms with Gasteiger partial charge in [-0.3, -0.25) is 9.25 Å². The second-order valence-corrected chi connectivity index (χ2v) is 9.20. The van der Waals surface area contributed by atoms with Crippen molar-refractivity contribution in [3.8, 4) is 28.2 Å². The number of nitrogens with zero attached hydrogens (tertiary/aromatic N) is 3. The van der Waals surface area contributed by atoms with Crippen molar-refractivity contribution < 1.29 is 24.8 Å². The van der Waals surface area contributed by atoms with Gasteiger partial charge in [-0.15, -0.1) is 17.7 Å². The largest absolute Gasteiger partial charge is 0.275 e. The molecule has 0 atom stereocenters. The summed E-state index contributed by atoms with van der Waals surface area (Å²) in [5.74, 6) is 1.95. The van der Waals surface area contributed by atoms with E-state index in [-0.39, 0.29) is 25.5 Å². The van der Waals surface area contributed by atoms with Gasteiger partial charge in [0, 0.05) is 25.5 Å². The molecule has 0 aliphatic rings. The Kier molecular flexibility index (Phi) is 7.21. The van der Waals surface area contributed by atoms with Crippen LogP contribution in [0.1, 0.15) is 49.7 Å². The van der Waals surface area contributed by atoms with E-state index in [9.17, 15) is 0 Å². The van der Waals surface area contributed by atoms with Crippen LogP contribution in [0.2, 0.25) is 0 Å². The minimum atomic E-state index is -0.120. The number of benzene rings is 3. The molecule has 0 fully saturated rings. The molecule has 1 heterocycles. The molecule has 0 unspecified atom stereocenters. The molecule has 0 N–H and O–H groups in total. The summed E-state index contributed by atoms with van der Waals surface area (Å²) in [6, 6.07) is 23.3. The molecule has 4 rings (SSSR count). The van der Waals surface area contributed by atoms with Gasteiger partial charge in [-0.2, -0.15) is 18.6 Å². The quantitative estimate of drug-likeness (QED) is 0.183. The van der Waals surface area contributed by atoms with Crippen LogP contribution in [0.25, 0.3) is 28.2 Å². The average Bonchev–Trinajstić information content (AvgIpc) is 3.12. The fourth-order valence-corrected chi connectivity index (χ4v) is 4.24. The summed E-state index contributed by atoms with van der Waals surface area (Å²) in [5.41, 5.74) is 7.79. The van der Waals surface area contributed by atoms with E-state index in [1.807, 2.05) is 6.07 Å². The van der Waals surface area contributed by atoms with Crippen LogP contribution in [0.4, 0.5) is 0 Å². The average molecular weight is 615 g/mol. The van der Waals surface area contributed by atoms with Crippen molar-refractivity contribution in [3.05, 3.63) is 103 Å². The Hall–Kier alpha value is -2.81. The van der Waals surface area contributed by atoms with Crippen molar-refractivity contribution in [2.24, 2.45) is 0 Å². The van der Waals surface area contributed by atoms with Gasteiger partial charge in [-0.25, -0.2) is 0 Å². The zero-order chi connectivity index (χ0) is 23.0. The number of para-hydroxylation sites is 1. The van der Waals surface area contributed by atoms with Crippen molar-refractivity contribution in [2.75, 3.05) is 0 Å². The smallest absolute Gasteiger partial charge is 0.226 e. The Bertz CT molecular complexity index is 1250. The third kappa shape index (κ3) is 4.51. The fourth-order valence-electron chi connectivity index (χ4n) is 4.24. The van der Waals surface area contributed by atoms with Gasteiger partial charge in [0.15, 0.2) is 0 Å². The first-order valence-corrected chi connectivity index (χ1v) is 11.2. The minimum Gasteiger partial charge on any atom is -0.275 e. The van der Waals surface area contributed by atoms with E-state index in [0.29, 0.717) is 0 Å². The third-order valence-electron chi connectivity index (χ3n) is 6.49. The Labute approximate surface area is 211 Å². The number of rotatable bonds is 5. The molecule has 1 radical (unpaired) electrons. The van der Waals surface area contributed by atoms with E-state index in [2.05, 4.69) is 114 Å². The summed E-state index contributed by atoms with van der Waals surface area (Å²) in [6.45, 7) is 15.4. The first-order valence-electron chi connectivity index (χ1n) is 11.2. The maximum absolute atomic E-state index is 4.97. The third-order valence-corrected chi connectivity index (χ3v) is 6.49. The topological polar surface area (TPSA) is 21.7 Å². The van der Waals surface area contributed by atoms with Gasteiger partial charge in [0.2, 0.25) is 5.82 Å². The summed E-state index contributed by atoms with van der Waals surface area (Å²) in [6.07, 6.45) is 0.968. The first-order chi connectivity index (χ1) is 15.2. The maximum Gasteiger partial charge on any atom is 0.226 e. The van der Waals surface area contributed by atoms with E-state index in [0.717, 1.165) is 34.8 Å². The van der Waals surface area contributed by atoms with Crippen molar-refractivity contribution in [1.82, 2.24) is 9.67 Å². The second kappa shape index (κ2) is 9.59. The van der Waals surface area contributed by atoms with Gasteiger partial charge >= 0.3 is 0 Å². The van der Waals surface area contributed by atoms with Crippen LogP contribution < -0.4 is 4.68 Å². The SMILES string of the molecule is [CH2-]c1ccc(-c2ccccc2)cc1-c1n(-c2c(C)cccc2C)c(C(C)(C)CC)n[n+]1[CH2-].[Ir]. The van der Waals surface area contributed by atoms with E-state index >= 15 is 0 Å². The molecule has 173 valence electrons. The van der Waals surface area contributed by atoms with E-state index in [1.165, 1.54) is 22.4 Å². The molecule has 0 amide bonds. The molecule has 0 bridgehead atoms. The molecule has 0 aliphatic carbocycles. The van der Waals surface area contributed by atoms with Crippen LogP contribution >= 0.6 is 0 Å². The zero-order valence-electron chi connectivity index (χ0n) is 20.1. The molecule has 4 aromatic rings. The molecule has 3 aromatic carbocycles. The van der Waals surface area contributed by atoms with Crippen molar-refractivity contribution >= 4 is 0 Å². The van der Waals surface area contributed by atoms with Crippen molar-refractivity contribution in [2.45, 2.75) is 46.5 Å². The molecular formula is C29H32IrN3-. The minimum absolute atomic E-state index is 0. The molecule has 33 heavy (non-hydrogen) atoms. The molecule has 0 spiro atoms. The Morgan fingerprint density at radius 1 is 0.909 bits per heavy atom. The number of hydrogen-bond acceptors (Lipinski definition) is 1. The second-order valence-electron chi connectivity index (χ2n) is 9.20. The van der Waals surface area contributed by atoms with Crippen LogP contribution in [-0.4, -0.2) is 9.67 Å². The Morgan fingerprint density at radius 3 is 2.15 bits per heavy atom. The molecule has 0 saturated carbocycles. The molecule has 3 nitrogen and oxygen atoms in total. The van der Waals surface area contributed by atoms with Crippen LogP contribution in [0, 0.1) is 27.8 Å². The van der Waals surface area contributed by atoms with E-state index < -0.39 is 0 Å². The van der Waals surface area contributed by atoms with Gasteiger partial charge in [0.25, 0.3) is 0 Å². The van der Waals surface area contributed by atoms with Crippen molar-refractivity contribution in [1.29, 1.82) is 0 Å². The number of aryl methyl sites for hydroxylation is 2. The van der Waals surface area contributed by atoms with Crippen LogP contribution in [0.15, 0.2) is 66.7 Å². The van der Waals surface area contributed by atoms with E-state index in [4.69, 9.17) is 5.10 Å². The monoisotopic (exact) mass is 615 g/mol. The number of hydrogen-bond donors (Lipinski definition) is 0. The maximum atomic E-state index is 4.97. The van der Waals surface area contributed by atoms with Crippen LogP contribution in [0.5, 0.6) is 0 Å². The summed E-state index contributed by atoms with van der Waals surface area (Å²) < 4.78 is 4.08. The molecular weight excluding hydrogens is 583 g/mol. The summed E-state index contributed by atoms with van der Waals surface area (Å²) in [4.78, 5) is 0. The summed E-state index contributed by atoms with van der Waals surface area (Å²) in [5, 5.41) is 4.97. The standard InChI is InChI=1S/C29H32N3.Ir/c1-8-29(5,6)28-30-31(7)27(32(28)26-21(3)13-12-14-22(26)4)25-19-24(18-17-20(25)2)23-15-10-9-11-16-23;/h9-19H,2,7-8H2,1,3-6H3;/q-1;.